The summed E-state index contributed by atoms with van der Waals surface area (Å²) in [5.41, 5.74) is 2.41. The quantitative estimate of drug-likeness (QED) is 0.557. The average Bonchev–Trinajstić information content (AvgIpc) is 3.58. The average molecular weight is 437 g/mol. The number of fused-ring (bicyclic) bond motifs is 1. The fourth-order valence-corrected chi connectivity index (χ4v) is 5.36. The van der Waals surface area contributed by atoms with Crippen LogP contribution < -0.4 is 5.32 Å². The molecule has 0 radical (unpaired) electrons. The van der Waals surface area contributed by atoms with Gasteiger partial charge in [-0.05, 0) is 31.4 Å². The van der Waals surface area contributed by atoms with E-state index in [9.17, 15) is 0 Å². The maximum absolute atomic E-state index is 6.17. The minimum Gasteiger partial charge on any atom is -0.373 e. The van der Waals surface area contributed by atoms with Gasteiger partial charge < -0.3 is 15.0 Å². The number of benzene rings is 1. The summed E-state index contributed by atoms with van der Waals surface area (Å²) < 4.78 is 8.33. The molecule has 1 aromatic carbocycles. The van der Waals surface area contributed by atoms with Crippen molar-refractivity contribution in [2.45, 2.75) is 63.9 Å². The van der Waals surface area contributed by atoms with Crippen molar-refractivity contribution in [2.24, 2.45) is 4.99 Å². The Morgan fingerprint density at radius 2 is 2.00 bits per heavy atom. The maximum atomic E-state index is 6.17. The molecule has 1 aromatic heterocycles. The van der Waals surface area contributed by atoms with Gasteiger partial charge in [0.15, 0.2) is 5.96 Å². The lowest BCUT2D eigenvalue weighted by Crippen LogP contribution is -2.50. The van der Waals surface area contributed by atoms with Gasteiger partial charge in [0.05, 0.1) is 37.0 Å². The lowest BCUT2D eigenvalue weighted by atomic mass is 10.1. The van der Waals surface area contributed by atoms with E-state index in [1.165, 1.54) is 31.2 Å². The largest absolute Gasteiger partial charge is 0.373 e. The third kappa shape index (κ3) is 4.84. The molecule has 3 heterocycles. The predicted molar refractivity (Wildman–Crippen MR) is 127 cm³/mol. The summed E-state index contributed by atoms with van der Waals surface area (Å²) in [7, 11) is 0. The van der Waals surface area contributed by atoms with E-state index in [0.29, 0.717) is 18.6 Å². The first-order valence-electron chi connectivity index (χ1n) is 12.3. The zero-order valence-electron chi connectivity index (χ0n) is 19.2. The molecule has 7 heteroatoms. The highest BCUT2D eigenvalue weighted by atomic mass is 16.5. The zero-order valence-corrected chi connectivity index (χ0v) is 19.2. The van der Waals surface area contributed by atoms with Crippen molar-refractivity contribution in [3.63, 3.8) is 0 Å². The number of likely N-dealkylation sites (tertiary alicyclic amines) is 1. The van der Waals surface area contributed by atoms with E-state index in [1.807, 2.05) is 0 Å². The highest BCUT2D eigenvalue weighted by molar-refractivity contribution is 5.80. The number of morpholine rings is 1. The normalized spacial score (nSPS) is 24.8. The Labute approximate surface area is 191 Å². The van der Waals surface area contributed by atoms with Gasteiger partial charge >= 0.3 is 0 Å². The molecule has 172 valence electrons. The van der Waals surface area contributed by atoms with Crippen LogP contribution in [0.4, 0.5) is 0 Å². The van der Waals surface area contributed by atoms with Crippen LogP contribution in [0.5, 0.6) is 0 Å². The van der Waals surface area contributed by atoms with Gasteiger partial charge in [-0.3, -0.25) is 9.58 Å². The first kappa shape index (κ1) is 21.5. The summed E-state index contributed by atoms with van der Waals surface area (Å²) in [6.07, 6.45) is 7.52. The molecule has 5 rings (SSSR count). The second-order valence-electron chi connectivity index (χ2n) is 9.23. The van der Waals surface area contributed by atoms with E-state index in [1.54, 1.807) is 0 Å². The molecule has 1 aliphatic carbocycles. The third-order valence-corrected chi connectivity index (χ3v) is 7.03. The van der Waals surface area contributed by atoms with Gasteiger partial charge in [0, 0.05) is 38.9 Å². The van der Waals surface area contributed by atoms with Gasteiger partial charge in [-0.15, -0.1) is 0 Å². The monoisotopic (exact) mass is 436 g/mol. The van der Waals surface area contributed by atoms with E-state index in [4.69, 9.17) is 14.8 Å². The number of nitrogens with one attached hydrogen (secondary N) is 1. The third-order valence-electron chi connectivity index (χ3n) is 7.03. The van der Waals surface area contributed by atoms with Gasteiger partial charge in [-0.2, -0.15) is 5.10 Å². The fourth-order valence-electron chi connectivity index (χ4n) is 5.36. The number of ether oxygens (including phenoxy) is 1. The molecule has 3 aliphatic rings. The molecule has 2 saturated heterocycles. The van der Waals surface area contributed by atoms with Crippen LogP contribution >= 0.6 is 0 Å². The van der Waals surface area contributed by atoms with Crippen LogP contribution in [0, 0.1) is 0 Å². The molecule has 0 amide bonds. The number of rotatable bonds is 6. The zero-order chi connectivity index (χ0) is 21.8. The van der Waals surface area contributed by atoms with Gasteiger partial charge in [-0.25, -0.2) is 4.99 Å². The predicted octanol–water partition coefficient (Wildman–Crippen LogP) is 3.05. The van der Waals surface area contributed by atoms with Crippen LogP contribution in [0.2, 0.25) is 0 Å². The Morgan fingerprint density at radius 3 is 2.81 bits per heavy atom. The molecule has 32 heavy (non-hydrogen) atoms. The molecule has 0 spiro atoms. The van der Waals surface area contributed by atoms with Crippen molar-refractivity contribution in [1.82, 2.24) is 24.9 Å². The molecule has 1 saturated carbocycles. The first-order chi connectivity index (χ1) is 15.8. The molecular formula is C25H36N6O. The standard InChI is InChI=1S/C25H36N6O/c1-2-26-25(27-16-21-12-13-31(28-21)22-10-6-7-11-22)30-18-23-24(19-30)32-15-14-29(23)17-20-8-4-3-5-9-20/h3-5,8-9,12-13,22-24H,2,6-7,10-11,14-19H2,1H3,(H,26,27). The van der Waals surface area contributed by atoms with Crippen molar-refractivity contribution in [3.8, 4) is 0 Å². The van der Waals surface area contributed by atoms with Crippen molar-refractivity contribution >= 4 is 5.96 Å². The van der Waals surface area contributed by atoms with E-state index in [0.717, 1.165) is 51.0 Å². The lowest BCUT2D eigenvalue weighted by Gasteiger charge is -2.36. The molecule has 1 N–H and O–H groups in total. The van der Waals surface area contributed by atoms with Gasteiger partial charge in [-0.1, -0.05) is 43.2 Å². The van der Waals surface area contributed by atoms with E-state index >= 15 is 0 Å². The number of aliphatic imine (C=N–C) groups is 1. The molecule has 2 aromatic rings. The first-order valence-corrected chi connectivity index (χ1v) is 12.3. The van der Waals surface area contributed by atoms with Crippen LogP contribution in [-0.4, -0.2) is 70.5 Å². The van der Waals surface area contributed by atoms with Gasteiger partial charge in [0.25, 0.3) is 0 Å². The Bertz CT molecular complexity index is 891. The van der Waals surface area contributed by atoms with E-state index in [-0.39, 0.29) is 6.10 Å². The van der Waals surface area contributed by atoms with Crippen LogP contribution in [0.15, 0.2) is 47.6 Å². The van der Waals surface area contributed by atoms with Gasteiger partial charge in [0.1, 0.15) is 0 Å². The smallest absolute Gasteiger partial charge is 0.194 e. The molecule has 2 atom stereocenters. The molecule has 7 nitrogen and oxygen atoms in total. The lowest BCUT2D eigenvalue weighted by molar-refractivity contribution is -0.0502. The van der Waals surface area contributed by atoms with Crippen molar-refractivity contribution in [3.05, 3.63) is 53.9 Å². The Balaban J connectivity index is 1.24. The highest BCUT2D eigenvalue weighted by Crippen LogP contribution is 2.29. The minimum atomic E-state index is 0.234. The number of guanidine groups is 1. The summed E-state index contributed by atoms with van der Waals surface area (Å²) in [5.74, 6) is 0.973. The Morgan fingerprint density at radius 1 is 1.16 bits per heavy atom. The summed E-state index contributed by atoms with van der Waals surface area (Å²) in [4.78, 5) is 9.90. The Kier molecular flexibility index (Phi) is 6.74. The molecule has 0 bridgehead atoms. The second kappa shape index (κ2) is 10.0. The van der Waals surface area contributed by atoms with Crippen molar-refractivity contribution in [2.75, 3.05) is 32.8 Å². The topological polar surface area (TPSA) is 57.9 Å². The number of hydrogen-bond donors (Lipinski definition) is 1. The van der Waals surface area contributed by atoms with Crippen molar-refractivity contribution < 1.29 is 4.74 Å². The maximum Gasteiger partial charge on any atom is 0.194 e. The SMILES string of the molecule is CCNC(=NCc1ccn(C2CCCC2)n1)N1CC2OCCN(Cc3ccccc3)C2C1. The highest BCUT2D eigenvalue weighted by Gasteiger charge is 2.41. The molecule has 3 fully saturated rings. The van der Waals surface area contributed by atoms with Crippen LogP contribution in [-0.2, 0) is 17.8 Å². The number of nitrogens with zero attached hydrogens (tertiary/aromatic N) is 5. The number of aromatic nitrogens is 2. The fraction of sp³-hybridized carbons (Fsp3) is 0.600. The van der Waals surface area contributed by atoms with Gasteiger partial charge in [0.2, 0.25) is 0 Å². The van der Waals surface area contributed by atoms with Crippen LogP contribution in [0.25, 0.3) is 0 Å². The Hall–Kier alpha value is -2.38. The van der Waals surface area contributed by atoms with Crippen LogP contribution in [0.1, 0.15) is 49.9 Å². The van der Waals surface area contributed by atoms with E-state index in [2.05, 4.69) is 69.3 Å². The second-order valence-corrected chi connectivity index (χ2v) is 9.23. The summed E-state index contributed by atoms with van der Waals surface area (Å²) in [6, 6.07) is 13.9. The molecule has 2 unspecified atom stereocenters. The molecular weight excluding hydrogens is 400 g/mol. The van der Waals surface area contributed by atoms with E-state index < -0.39 is 0 Å². The van der Waals surface area contributed by atoms with Crippen molar-refractivity contribution in [1.29, 1.82) is 0 Å². The molecule has 2 aliphatic heterocycles. The number of hydrogen-bond acceptors (Lipinski definition) is 4. The summed E-state index contributed by atoms with van der Waals surface area (Å²) >= 11 is 0. The minimum absolute atomic E-state index is 0.234. The summed E-state index contributed by atoms with van der Waals surface area (Å²) in [5, 5.41) is 8.31. The summed E-state index contributed by atoms with van der Waals surface area (Å²) in [6.45, 7) is 8.19. The van der Waals surface area contributed by atoms with Crippen LogP contribution in [0.3, 0.4) is 0 Å².